The number of carbonyl (C=O) groups excluding carboxylic acids is 1. The SMILES string of the molecule is CS(=O)c1ccc(C(=O)c2ccc(Cl)cc2)cc1. The van der Waals surface area contributed by atoms with E-state index in [0.717, 1.165) is 0 Å². The third-order valence-electron chi connectivity index (χ3n) is 2.55. The van der Waals surface area contributed by atoms with E-state index >= 15 is 0 Å². The van der Waals surface area contributed by atoms with Crippen LogP contribution in [-0.2, 0) is 10.8 Å². The minimum atomic E-state index is -1.03. The van der Waals surface area contributed by atoms with Gasteiger partial charge >= 0.3 is 0 Å². The van der Waals surface area contributed by atoms with Gasteiger partial charge in [0.2, 0.25) is 0 Å². The first kappa shape index (κ1) is 13.0. The lowest BCUT2D eigenvalue weighted by Gasteiger charge is -2.02. The molecule has 2 aromatic carbocycles. The Morgan fingerprint density at radius 2 is 1.39 bits per heavy atom. The standard InChI is InChI=1S/C14H11ClO2S/c1-18(17)13-8-4-11(5-9-13)14(16)10-2-6-12(15)7-3-10/h2-9H,1H3. The van der Waals surface area contributed by atoms with Crippen molar-refractivity contribution in [1.29, 1.82) is 0 Å². The summed E-state index contributed by atoms with van der Waals surface area (Å²) >= 11 is 5.77. The van der Waals surface area contributed by atoms with E-state index in [9.17, 15) is 9.00 Å². The fourth-order valence-corrected chi connectivity index (χ4v) is 2.21. The summed E-state index contributed by atoms with van der Waals surface area (Å²) in [6, 6.07) is 13.5. The van der Waals surface area contributed by atoms with Gasteiger partial charge in [-0.2, -0.15) is 0 Å². The van der Waals surface area contributed by atoms with Gasteiger partial charge in [0.05, 0.1) is 0 Å². The Bertz CT molecular complexity index is 588. The molecule has 0 aromatic heterocycles. The largest absolute Gasteiger partial charge is 0.289 e. The van der Waals surface area contributed by atoms with Crippen LogP contribution in [0.4, 0.5) is 0 Å². The number of rotatable bonds is 3. The van der Waals surface area contributed by atoms with Crippen LogP contribution in [0.2, 0.25) is 5.02 Å². The predicted molar refractivity (Wildman–Crippen MR) is 73.7 cm³/mol. The molecule has 0 amide bonds. The first-order chi connectivity index (χ1) is 8.58. The monoisotopic (exact) mass is 278 g/mol. The molecule has 0 aliphatic heterocycles. The molecule has 0 fully saturated rings. The number of hydrogen-bond acceptors (Lipinski definition) is 2. The second kappa shape index (κ2) is 5.46. The Kier molecular flexibility index (Phi) is 3.94. The lowest BCUT2D eigenvalue weighted by Crippen LogP contribution is -2.01. The quantitative estimate of drug-likeness (QED) is 0.807. The van der Waals surface area contributed by atoms with Crippen LogP contribution >= 0.6 is 11.6 Å². The average molecular weight is 279 g/mol. The Balaban J connectivity index is 2.28. The topological polar surface area (TPSA) is 34.1 Å². The Morgan fingerprint density at radius 3 is 1.83 bits per heavy atom. The van der Waals surface area contributed by atoms with Gasteiger partial charge in [-0.1, -0.05) is 11.6 Å². The molecule has 92 valence electrons. The van der Waals surface area contributed by atoms with E-state index in [-0.39, 0.29) is 5.78 Å². The number of ketones is 1. The molecule has 0 heterocycles. The number of hydrogen-bond donors (Lipinski definition) is 0. The summed E-state index contributed by atoms with van der Waals surface area (Å²) < 4.78 is 11.2. The fraction of sp³-hybridized carbons (Fsp3) is 0.0714. The van der Waals surface area contributed by atoms with Gasteiger partial charge in [0, 0.05) is 38.1 Å². The van der Waals surface area contributed by atoms with Crippen molar-refractivity contribution in [2.24, 2.45) is 0 Å². The zero-order chi connectivity index (χ0) is 13.1. The van der Waals surface area contributed by atoms with Gasteiger partial charge in [0.25, 0.3) is 0 Å². The molecule has 2 nitrogen and oxygen atoms in total. The minimum absolute atomic E-state index is 0.0693. The van der Waals surface area contributed by atoms with E-state index < -0.39 is 10.8 Å². The number of halogens is 1. The van der Waals surface area contributed by atoms with Crippen LogP contribution in [0.15, 0.2) is 53.4 Å². The van der Waals surface area contributed by atoms with Crippen LogP contribution in [0.25, 0.3) is 0 Å². The molecule has 0 saturated carbocycles. The van der Waals surface area contributed by atoms with Crippen molar-refractivity contribution < 1.29 is 9.00 Å². The molecule has 0 N–H and O–H groups in total. The van der Waals surface area contributed by atoms with Crippen LogP contribution in [-0.4, -0.2) is 16.2 Å². The number of benzene rings is 2. The van der Waals surface area contributed by atoms with Crippen molar-refractivity contribution >= 4 is 28.2 Å². The molecular formula is C14H11ClO2S. The molecular weight excluding hydrogens is 268 g/mol. The van der Waals surface area contributed by atoms with Crippen molar-refractivity contribution in [3.63, 3.8) is 0 Å². The van der Waals surface area contributed by atoms with Gasteiger partial charge in [-0.05, 0) is 48.5 Å². The van der Waals surface area contributed by atoms with Crippen molar-refractivity contribution in [1.82, 2.24) is 0 Å². The summed E-state index contributed by atoms with van der Waals surface area (Å²) in [6.45, 7) is 0. The van der Waals surface area contributed by atoms with Gasteiger partial charge in [0.1, 0.15) is 0 Å². The summed E-state index contributed by atoms with van der Waals surface area (Å²) in [4.78, 5) is 12.8. The van der Waals surface area contributed by atoms with E-state index in [1.807, 2.05) is 0 Å². The van der Waals surface area contributed by atoms with Gasteiger partial charge in [-0.25, -0.2) is 0 Å². The van der Waals surface area contributed by atoms with E-state index in [1.165, 1.54) is 0 Å². The second-order valence-electron chi connectivity index (χ2n) is 3.81. The zero-order valence-electron chi connectivity index (χ0n) is 9.72. The predicted octanol–water partition coefficient (Wildman–Crippen LogP) is 3.31. The molecule has 4 heteroatoms. The minimum Gasteiger partial charge on any atom is -0.289 e. The van der Waals surface area contributed by atoms with E-state index in [2.05, 4.69) is 0 Å². The maximum atomic E-state index is 12.1. The third kappa shape index (κ3) is 2.86. The Morgan fingerprint density at radius 1 is 0.944 bits per heavy atom. The smallest absolute Gasteiger partial charge is 0.193 e. The van der Waals surface area contributed by atoms with Gasteiger partial charge < -0.3 is 0 Å². The van der Waals surface area contributed by atoms with Crippen LogP contribution in [0.1, 0.15) is 15.9 Å². The van der Waals surface area contributed by atoms with Crippen LogP contribution in [0.5, 0.6) is 0 Å². The van der Waals surface area contributed by atoms with Crippen LogP contribution in [0.3, 0.4) is 0 Å². The maximum Gasteiger partial charge on any atom is 0.193 e. The summed E-state index contributed by atoms with van der Waals surface area (Å²) in [5.74, 6) is -0.0693. The van der Waals surface area contributed by atoms with Gasteiger partial charge in [-0.3, -0.25) is 9.00 Å². The summed E-state index contributed by atoms with van der Waals surface area (Å²) in [5.41, 5.74) is 1.16. The highest BCUT2D eigenvalue weighted by molar-refractivity contribution is 7.84. The lowest BCUT2D eigenvalue weighted by atomic mass is 10.0. The molecule has 1 atom stereocenters. The molecule has 2 aromatic rings. The molecule has 0 spiro atoms. The zero-order valence-corrected chi connectivity index (χ0v) is 11.3. The lowest BCUT2D eigenvalue weighted by molar-refractivity contribution is 0.103. The van der Waals surface area contributed by atoms with Crippen LogP contribution < -0.4 is 0 Å². The van der Waals surface area contributed by atoms with Crippen molar-refractivity contribution in [2.75, 3.05) is 6.26 Å². The maximum absolute atomic E-state index is 12.1. The van der Waals surface area contributed by atoms with Crippen molar-refractivity contribution in [3.8, 4) is 0 Å². The van der Waals surface area contributed by atoms with E-state index in [0.29, 0.717) is 21.0 Å². The molecule has 0 saturated heterocycles. The first-order valence-corrected chi connectivity index (χ1v) is 7.25. The highest BCUT2D eigenvalue weighted by atomic mass is 35.5. The second-order valence-corrected chi connectivity index (χ2v) is 5.63. The molecule has 0 aliphatic rings. The highest BCUT2D eigenvalue weighted by Gasteiger charge is 2.09. The average Bonchev–Trinajstić information content (AvgIpc) is 2.39. The van der Waals surface area contributed by atoms with Crippen LogP contribution in [0, 0.1) is 0 Å². The number of carbonyl (C=O) groups is 1. The van der Waals surface area contributed by atoms with Crippen molar-refractivity contribution in [3.05, 3.63) is 64.7 Å². The summed E-state index contributed by atoms with van der Waals surface area (Å²) in [5, 5.41) is 0.600. The molecule has 0 bridgehead atoms. The van der Waals surface area contributed by atoms with E-state index in [4.69, 9.17) is 11.6 Å². The molecule has 18 heavy (non-hydrogen) atoms. The normalized spacial score (nSPS) is 12.1. The molecule has 1 unspecified atom stereocenters. The van der Waals surface area contributed by atoms with Gasteiger partial charge in [0.15, 0.2) is 5.78 Å². The first-order valence-electron chi connectivity index (χ1n) is 5.31. The fourth-order valence-electron chi connectivity index (χ4n) is 1.57. The van der Waals surface area contributed by atoms with E-state index in [1.54, 1.807) is 54.8 Å². The molecule has 0 aliphatic carbocycles. The summed E-state index contributed by atoms with van der Waals surface area (Å²) in [6.07, 6.45) is 1.61. The third-order valence-corrected chi connectivity index (χ3v) is 3.74. The van der Waals surface area contributed by atoms with Crippen molar-refractivity contribution in [2.45, 2.75) is 4.90 Å². The Labute approximate surface area is 113 Å². The molecule has 0 radical (unpaired) electrons. The summed E-state index contributed by atoms with van der Waals surface area (Å²) in [7, 11) is -1.03. The molecule has 2 rings (SSSR count). The van der Waals surface area contributed by atoms with Gasteiger partial charge in [-0.15, -0.1) is 0 Å². The Hall–Kier alpha value is -1.45. The highest BCUT2D eigenvalue weighted by Crippen LogP contribution is 2.15.